The van der Waals surface area contributed by atoms with E-state index in [4.69, 9.17) is 0 Å². The predicted octanol–water partition coefficient (Wildman–Crippen LogP) is 27.5. The molecule has 602 valence electrons. The molecule has 0 saturated carbocycles. The lowest BCUT2D eigenvalue weighted by Gasteiger charge is -2.46. The second-order valence-corrected chi connectivity index (χ2v) is 27.4. The van der Waals surface area contributed by atoms with Crippen LogP contribution in [0.3, 0.4) is 0 Å². The molecular weight excluding hydrogens is 1620 g/mol. The molecule has 119 heavy (non-hydrogen) atoms. The Morgan fingerprint density at radius 2 is 0.361 bits per heavy atom. The van der Waals surface area contributed by atoms with Crippen molar-refractivity contribution in [1.29, 1.82) is 0 Å². The molecule has 0 N–H and O–H groups in total. The first-order valence-corrected chi connectivity index (χ1v) is 34.9. The number of hydrogen-bond acceptors (Lipinski definition) is 3. The van der Waals surface area contributed by atoms with Gasteiger partial charge in [0.15, 0.2) is 140 Å². The summed E-state index contributed by atoms with van der Waals surface area (Å²) in [6.45, 7) is 3.67. The second kappa shape index (κ2) is 30.3. The standard InChI is InChI=1S/C37H18F9N.C27H14F9N.C25H10F9N/c38-27-25(28(39)32(43)33(44)31(27)42)26-29(40)34(45)36(35(46)30(26)41)47-23-17-9-7-15-21(23)37(19-11-3-1-4-12-19,20-13-5-2-6-14-20)22-16-8-10-18-24(22)47;1-27(2)11-7-3-5-9-13(11)37(14-10-6-4-8-12(14)27)26-24(35)19(30)16(20(31)25(26)36)15-17(28)21(32)23(34)22(33)18(15)29;26-16-14(17(27)21(31)22(32)20(16)30)15-18(28)23(33)25(24(34)19(15)29)35-12-7-3-1-5-10(12)9-11-6-2-4-8-13(11)35/h1-18H;3-10H,1-2H3;1-8H,9H2. The molecule has 0 saturated heterocycles. The molecule has 0 amide bonds. The first kappa shape index (κ1) is 80.8. The number of halogens is 27. The van der Waals surface area contributed by atoms with Crippen molar-refractivity contribution in [1.82, 2.24) is 0 Å². The molecular formula is C89H42F27N3. The minimum atomic E-state index is -2.63. The zero-order valence-corrected chi connectivity index (χ0v) is 59.9. The van der Waals surface area contributed by atoms with Gasteiger partial charge in [-0.25, -0.2) is 119 Å². The van der Waals surface area contributed by atoms with Crippen LogP contribution in [-0.2, 0) is 17.3 Å². The third-order valence-corrected chi connectivity index (χ3v) is 20.8. The minimum Gasteiger partial charge on any atom is -0.305 e. The molecule has 0 atom stereocenters. The lowest BCUT2D eigenvalue weighted by atomic mass is 9.62. The lowest BCUT2D eigenvalue weighted by Crippen LogP contribution is -2.38. The Morgan fingerprint density at radius 1 is 0.185 bits per heavy atom. The highest BCUT2D eigenvalue weighted by molar-refractivity contribution is 5.92. The average Bonchev–Trinajstić information content (AvgIpc) is 0.693. The number of nitrogens with zero attached hydrogens (tertiary/aromatic N) is 3. The smallest absolute Gasteiger partial charge is 0.200 e. The van der Waals surface area contributed by atoms with Gasteiger partial charge in [0, 0.05) is 23.2 Å². The van der Waals surface area contributed by atoms with Crippen LogP contribution in [0.4, 0.5) is 170 Å². The summed E-state index contributed by atoms with van der Waals surface area (Å²) >= 11 is 0. The Hall–Kier alpha value is -13.4. The summed E-state index contributed by atoms with van der Waals surface area (Å²) in [4.78, 5) is 2.75. The van der Waals surface area contributed by atoms with Crippen molar-refractivity contribution in [2.24, 2.45) is 0 Å². The summed E-state index contributed by atoms with van der Waals surface area (Å²) < 4.78 is 397. The predicted molar refractivity (Wildman–Crippen MR) is 385 cm³/mol. The number of para-hydroxylation sites is 6. The van der Waals surface area contributed by atoms with Crippen molar-refractivity contribution in [2.45, 2.75) is 31.1 Å². The fourth-order valence-corrected chi connectivity index (χ4v) is 15.5. The van der Waals surface area contributed by atoms with Crippen LogP contribution in [0.25, 0.3) is 33.4 Å². The summed E-state index contributed by atoms with van der Waals surface area (Å²) in [5.41, 5.74) is -12.8. The van der Waals surface area contributed by atoms with Crippen LogP contribution in [0.1, 0.15) is 58.4 Å². The van der Waals surface area contributed by atoms with Crippen molar-refractivity contribution in [3.8, 4) is 33.4 Å². The summed E-state index contributed by atoms with van der Waals surface area (Å²) in [6.07, 6.45) is 0.333. The van der Waals surface area contributed by atoms with Gasteiger partial charge in [-0.05, 0) is 80.9 Å². The Balaban J connectivity index is 0.000000141. The van der Waals surface area contributed by atoms with E-state index < -0.39 is 218 Å². The Bertz CT molecular complexity index is 6220. The fraction of sp³-hybridized carbons (Fsp3) is 0.0562. The number of hydrogen-bond donors (Lipinski definition) is 0. The van der Waals surface area contributed by atoms with E-state index in [0.717, 1.165) is 25.8 Å². The Morgan fingerprint density at radius 3 is 0.613 bits per heavy atom. The largest absolute Gasteiger partial charge is 0.305 e. The summed E-state index contributed by atoms with van der Waals surface area (Å²) in [7, 11) is 0. The van der Waals surface area contributed by atoms with Gasteiger partial charge in [-0.3, -0.25) is 0 Å². The first-order chi connectivity index (χ1) is 56.7. The molecule has 14 aromatic rings. The lowest BCUT2D eigenvalue weighted by molar-refractivity contribution is 0.379. The van der Waals surface area contributed by atoms with Crippen LogP contribution >= 0.6 is 0 Å². The maximum absolute atomic E-state index is 16.2. The van der Waals surface area contributed by atoms with Crippen molar-refractivity contribution >= 4 is 51.2 Å². The number of fused-ring (bicyclic) bond motifs is 6. The van der Waals surface area contributed by atoms with E-state index in [1.54, 1.807) is 84.9 Å². The molecule has 0 spiro atoms. The van der Waals surface area contributed by atoms with E-state index in [1.165, 1.54) is 60.7 Å². The van der Waals surface area contributed by atoms with Crippen molar-refractivity contribution in [3.63, 3.8) is 0 Å². The van der Waals surface area contributed by atoms with Gasteiger partial charge in [-0.1, -0.05) is 184 Å². The summed E-state index contributed by atoms with van der Waals surface area (Å²) in [5, 5.41) is 0. The van der Waals surface area contributed by atoms with Gasteiger partial charge in [-0.15, -0.1) is 0 Å². The fourth-order valence-electron chi connectivity index (χ4n) is 15.5. The van der Waals surface area contributed by atoms with Crippen LogP contribution in [0.2, 0.25) is 0 Å². The molecule has 14 aromatic carbocycles. The van der Waals surface area contributed by atoms with Gasteiger partial charge in [0.05, 0.1) is 61.5 Å². The molecule has 0 unspecified atom stereocenters. The van der Waals surface area contributed by atoms with E-state index in [-0.39, 0.29) is 34.1 Å². The maximum Gasteiger partial charge on any atom is 0.200 e. The molecule has 0 aromatic heterocycles. The first-order valence-electron chi connectivity index (χ1n) is 34.9. The third kappa shape index (κ3) is 12.2. The van der Waals surface area contributed by atoms with Crippen LogP contribution in [0.15, 0.2) is 206 Å². The van der Waals surface area contributed by atoms with Gasteiger partial charge in [-0.2, -0.15) is 0 Å². The number of anilines is 9. The molecule has 17 rings (SSSR count). The van der Waals surface area contributed by atoms with Crippen LogP contribution < -0.4 is 14.7 Å². The monoisotopic (exact) mass is 1670 g/mol. The van der Waals surface area contributed by atoms with E-state index in [0.29, 0.717) is 39.8 Å². The molecule has 0 fully saturated rings. The molecule has 0 bridgehead atoms. The SMILES string of the molecule is CC1(C)c2ccccc2N(c2c(F)c(F)c(-c3c(F)c(F)c(F)c(F)c3F)c(F)c2F)c2ccccc21.Fc1c(F)c(F)c(-c2c(F)c(F)c(N3c4ccccc4C(c4ccccc4)(c4ccccc4)c4ccccc43)c(F)c2F)c(F)c1F.Fc1c(F)c(F)c(-c2c(F)c(F)c(N3c4ccccc4Cc4ccccc43)c(F)c2F)c(F)c1F. The van der Waals surface area contributed by atoms with Gasteiger partial charge in [0.1, 0.15) is 17.1 Å². The number of benzene rings is 14. The highest BCUT2D eigenvalue weighted by atomic mass is 19.2. The zero-order chi connectivity index (χ0) is 85.3. The molecule has 30 heteroatoms. The van der Waals surface area contributed by atoms with Gasteiger partial charge in [0.2, 0.25) is 17.5 Å². The maximum atomic E-state index is 16.2. The van der Waals surface area contributed by atoms with Gasteiger partial charge >= 0.3 is 0 Å². The van der Waals surface area contributed by atoms with Crippen LogP contribution in [0, 0.1) is 157 Å². The second-order valence-electron chi connectivity index (χ2n) is 27.4. The van der Waals surface area contributed by atoms with Gasteiger partial charge < -0.3 is 14.7 Å². The van der Waals surface area contributed by atoms with Crippen LogP contribution in [-0.4, -0.2) is 0 Å². The summed E-state index contributed by atoms with van der Waals surface area (Å²) in [6, 6.07) is 56.3. The molecule has 3 aliphatic heterocycles. The number of rotatable bonds is 8. The van der Waals surface area contributed by atoms with Gasteiger partial charge in [0.25, 0.3) is 0 Å². The Labute approximate surface area is 654 Å². The van der Waals surface area contributed by atoms with E-state index in [2.05, 4.69) is 0 Å². The van der Waals surface area contributed by atoms with Crippen molar-refractivity contribution in [3.05, 3.63) is 408 Å². The molecule has 3 nitrogen and oxygen atoms in total. The topological polar surface area (TPSA) is 9.72 Å². The van der Waals surface area contributed by atoms with Crippen molar-refractivity contribution in [2.75, 3.05) is 14.7 Å². The normalized spacial score (nSPS) is 13.3. The molecule has 0 aliphatic carbocycles. The highest BCUT2D eigenvalue weighted by Gasteiger charge is 2.50. The van der Waals surface area contributed by atoms with Crippen molar-refractivity contribution < 1.29 is 119 Å². The molecule has 0 radical (unpaired) electrons. The van der Waals surface area contributed by atoms with E-state index in [1.807, 2.05) is 74.5 Å². The average molecular weight is 1670 g/mol. The Kier molecular flexibility index (Phi) is 20.5. The zero-order valence-electron chi connectivity index (χ0n) is 59.9. The molecule has 3 heterocycles. The van der Waals surface area contributed by atoms with Crippen LogP contribution in [0.5, 0.6) is 0 Å². The quantitative estimate of drug-likeness (QED) is 0.0853. The van der Waals surface area contributed by atoms with E-state index >= 15 is 52.7 Å². The molecule has 3 aliphatic rings. The highest BCUT2D eigenvalue weighted by Crippen LogP contribution is 2.60. The summed E-state index contributed by atoms with van der Waals surface area (Å²) in [5.74, 6) is -65.5. The van der Waals surface area contributed by atoms with E-state index in [9.17, 15) is 65.9 Å². The third-order valence-electron chi connectivity index (χ3n) is 20.8. The minimum absolute atomic E-state index is 0.0967.